The number of allylic oxidation sites excluding steroid dienone is 1. The van der Waals surface area contributed by atoms with Crippen molar-refractivity contribution < 1.29 is 18.7 Å². The molecular formula is C29H46O4Si. The van der Waals surface area contributed by atoms with Crippen LogP contribution in [0.2, 0.25) is 18.1 Å². The maximum Gasteiger partial charge on any atom is 0.373 e. The Bertz CT molecular complexity index is 826. The molecule has 5 heteroatoms. The molecular weight excluding hydrogens is 440 g/mol. The summed E-state index contributed by atoms with van der Waals surface area (Å²) in [6.45, 7) is 11.4. The first-order valence-electron chi connectivity index (χ1n) is 13.3. The molecule has 0 unspecified atom stereocenters. The maximum atomic E-state index is 12.8. The van der Waals surface area contributed by atoms with E-state index in [1.54, 1.807) is 0 Å². The normalized spacial score (nSPS) is 27.3. The van der Waals surface area contributed by atoms with Gasteiger partial charge in [0.1, 0.15) is 0 Å². The Morgan fingerprint density at radius 1 is 0.971 bits per heavy atom. The van der Waals surface area contributed by atoms with E-state index in [1.165, 1.54) is 51.2 Å². The van der Waals surface area contributed by atoms with Crippen LogP contribution >= 0.6 is 0 Å². The van der Waals surface area contributed by atoms with E-state index in [9.17, 15) is 4.79 Å². The number of methoxy groups -OCH3 is 1. The fourth-order valence-corrected chi connectivity index (χ4v) is 6.69. The summed E-state index contributed by atoms with van der Waals surface area (Å²) >= 11 is 0. The number of carbonyl (C=O) groups is 1. The fraction of sp³-hybridized carbons (Fsp3) is 0.690. The van der Waals surface area contributed by atoms with Crippen LogP contribution in [0.1, 0.15) is 96.5 Å². The van der Waals surface area contributed by atoms with Gasteiger partial charge in [0.2, 0.25) is 11.5 Å². The quantitative estimate of drug-likeness (QED) is 0.318. The highest BCUT2D eigenvalue weighted by molar-refractivity contribution is 6.74. The third-order valence-corrected chi connectivity index (χ3v) is 12.7. The fourth-order valence-electron chi connectivity index (χ4n) is 5.23. The summed E-state index contributed by atoms with van der Waals surface area (Å²) in [7, 11) is -0.781. The summed E-state index contributed by atoms with van der Waals surface area (Å²) in [4.78, 5) is 12.8. The van der Waals surface area contributed by atoms with Crippen LogP contribution < -0.4 is 0 Å². The Balaban J connectivity index is 2.13. The molecule has 34 heavy (non-hydrogen) atoms. The van der Waals surface area contributed by atoms with Gasteiger partial charge < -0.3 is 13.9 Å². The number of esters is 1. The lowest BCUT2D eigenvalue weighted by atomic mass is 9.74. The molecule has 1 aliphatic carbocycles. The summed E-state index contributed by atoms with van der Waals surface area (Å²) in [5, 5.41) is 0.0359. The van der Waals surface area contributed by atoms with Crippen molar-refractivity contribution in [2.45, 2.75) is 115 Å². The SMILES string of the molecule is COC(=O)C1=C[C@@H](c2ccccc2)[C@@H]2CCCCCCCCCC[C@@]2(O[Si](C)(C)C(C)(C)C)O1. The number of benzene rings is 1. The zero-order valence-electron chi connectivity index (χ0n) is 22.3. The molecule has 2 aliphatic rings. The van der Waals surface area contributed by atoms with Gasteiger partial charge in [0, 0.05) is 18.3 Å². The lowest BCUT2D eigenvalue weighted by Crippen LogP contribution is -2.57. The molecule has 190 valence electrons. The molecule has 1 saturated carbocycles. The topological polar surface area (TPSA) is 44.8 Å². The number of carbonyl (C=O) groups excluding carboxylic acids is 1. The molecule has 0 saturated heterocycles. The predicted molar refractivity (Wildman–Crippen MR) is 141 cm³/mol. The molecule has 1 fully saturated rings. The molecule has 1 aromatic carbocycles. The second-order valence-corrected chi connectivity index (χ2v) is 16.4. The highest BCUT2D eigenvalue weighted by atomic mass is 28.4. The van der Waals surface area contributed by atoms with Gasteiger partial charge in [0.05, 0.1) is 7.11 Å². The Kier molecular flexibility index (Phi) is 9.08. The second kappa shape index (κ2) is 11.4. The third kappa shape index (κ3) is 6.34. The van der Waals surface area contributed by atoms with Crippen LogP contribution in [0.3, 0.4) is 0 Å². The van der Waals surface area contributed by atoms with Gasteiger partial charge in [-0.05, 0) is 42.6 Å². The highest BCUT2D eigenvalue weighted by Gasteiger charge is 2.54. The minimum atomic E-state index is -2.21. The molecule has 0 aromatic heterocycles. The molecule has 4 nitrogen and oxygen atoms in total. The van der Waals surface area contributed by atoms with E-state index in [1.807, 2.05) is 12.1 Å². The molecule has 1 heterocycles. The van der Waals surface area contributed by atoms with Crippen molar-refractivity contribution in [3.63, 3.8) is 0 Å². The molecule has 0 spiro atoms. The van der Waals surface area contributed by atoms with Crippen molar-refractivity contribution in [2.24, 2.45) is 5.92 Å². The van der Waals surface area contributed by atoms with Crippen molar-refractivity contribution in [1.82, 2.24) is 0 Å². The Morgan fingerprint density at radius 3 is 2.15 bits per heavy atom. The van der Waals surface area contributed by atoms with Gasteiger partial charge in [-0.1, -0.05) is 96.0 Å². The Morgan fingerprint density at radius 2 is 1.56 bits per heavy atom. The van der Waals surface area contributed by atoms with Crippen LogP contribution in [-0.4, -0.2) is 27.2 Å². The molecule has 0 radical (unpaired) electrons. The van der Waals surface area contributed by atoms with Crippen LogP contribution in [0.25, 0.3) is 0 Å². The average molecular weight is 487 g/mol. The standard InChI is InChI=1S/C29H46O4Si/c1-28(2,3)34(5,6)33-29-21-17-12-10-8-7-9-11-16-20-25(29)24(23-18-14-13-15-19-23)22-26(32-29)27(30)31-4/h13-15,18-19,22,24-25H,7-12,16-17,20-21H2,1-6H3/t24-,25-,29-/m0/s1. The van der Waals surface area contributed by atoms with Gasteiger partial charge in [-0.3, -0.25) is 0 Å². The molecule has 1 aliphatic heterocycles. The summed E-state index contributed by atoms with van der Waals surface area (Å²) in [6.07, 6.45) is 13.6. The average Bonchev–Trinajstić information content (AvgIpc) is 2.78. The van der Waals surface area contributed by atoms with Gasteiger partial charge >= 0.3 is 5.97 Å². The van der Waals surface area contributed by atoms with Crippen LogP contribution in [0.5, 0.6) is 0 Å². The van der Waals surface area contributed by atoms with Gasteiger partial charge in [0.15, 0.2) is 8.32 Å². The maximum absolute atomic E-state index is 12.8. The molecule has 3 atom stereocenters. The summed E-state index contributed by atoms with van der Waals surface area (Å²) in [5.41, 5.74) is 1.22. The van der Waals surface area contributed by atoms with E-state index in [2.05, 4.69) is 58.1 Å². The zero-order valence-corrected chi connectivity index (χ0v) is 23.3. The molecule has 0 amide bonds. The van der Waals surface area contributed by atoms with E-state index in [0.29, 0.717) is 5.76 Å². The third-order valence-electron chi connectivity index (χ3n) is 8.21. The lowest BCUT2D eigenvalue weighted by Gasteiger charge is -2.52. The molecule has 0 bridgehead atoms. The van der Waals surface area contributed by atoms with Crippen molar-refractivity contribution >= 4 is 14.3 Å². The predicted octanol–water partition coefficient (Wildman–Crippen LogP) is 8.11. The number of fused-ring (bicyclic) bond motifs is 1. The highest BCUT2D eigenvalue weighted by Crippen LogP contribution is 2.52. The smallest absolute Gasteiger partial charge is 0.373 e. The first kappa shape index (κ1) is 27.0. The number of rotatable bonds is 4. The van der Waals surface area contributed by atoms with E-state index in [4.69, 9.17) is 13.9 Å². The minimum Gasteiger partial charge on any atom is -0.463 e. The van der Waals surface area contributed by atoms with Gasteiger partial charge in [0.25, 0.3) is 0 Å². The van der Waals surface area contributed by atoms with Crippen molar-refractivity contribution in [3.05, 3.63) is 47.7 Å². The van der Waals surface area contributed by atoms with Crippen LogP contribution in [-0.2, 0) is 18.7 Å². The summed E-state index contributed by atoms with van der Waals surface area (Å²) < 4.78 is 19.2. The van der Waals surface area contributed by atoms with Crippen LogP contribution in [0.15, 0.2) is 42.2 Å². The van der Waals surface area contributed by atoms with Crippen LogP contribution in [0.4, 0.5) is 0 Å². The first-order chi connectivity index (χ1) is 16.1. The minimum absolute atomic E-state index is 0.0359. The molecule has 1 aromatic rings. The van der Waals surface area contributed by atoms with Gasteiger partial charge in [-0.2, -0.15) is 0 Å². The number of hydrogen-bond donors (Lipinski definition) is 0. The molecule has 0 N–H and O–H groups in total. The van der Waals surface area contributed by atoms with E-state index >= 15 is 0 Å². The van der Waals surface area contributed by atoms with Crippen molar-refractivity contribution in [3.8, 4) is 0 Å². The van der Waals surface area contributed by atoms with E-state index in [0.717, 1.165) is 25.7 Å². The van der Waals surface area contributed by atoms with Crippen molar-refractivity contribution in [1.29, 1.82) is 0 Å². The lowest BCUT2D eigenvalue weighted by molar-refractivity contribution is -0.224. The Labute approximate surface area is 208 Å². The molecule has 3 rings (SSSR count). The van der Waals surface area contributed by atoms with Crippen LogP contribution in [0, 0.1) is 5.92 Å². The van der Waals surface area contributed by atoms with Crippen molar-refractivity contribution in [2.75, 3.05) is 7.11 Å². The monoisotopic (exact) mass is 486 g/mol. The first-order valence-corrected chi connectivity index (χ1v) is 16.2. The van der Waals surface area contributed by atoms with Gasteiger partial charge in [-0.15, -0.1) is 0 Å². The zero-order chi connectivity index (χ0) is 24.8. The summed E-state index contributed by atoms with van der Waals surface area (Å²) in [5.74, 6) is -0.725. The van der Waals surface area contributed by atoms with E-state index < -0.39 is 20.1 Å². The van der Waals surface area contributed by atoms with Gasteiger partial charge in [-0.25, -0.2) is 4.79 Å². The Hall–Kier alpha value is -1.59. The number of ether oxygens (including phenoxy) is 2. The van der Waals surface area contributed by atoms with E-state index in [-0.39, 0.29) is 16.9 Å². The largest absolute Gasteiger partial charge is 0.463 e. The second-order valence-electron chi connectivity index (χ2n) is 11.7. The number of hydrogen-bond acceptors (Lipinski definition) is 4. The summed E-state index contributed by atoms with van der Waals surface area (Å²) in [6, 6.07) is 10.6.